The Bertz CT molecular complexity index is 928. The Hall–Kier alpha value is -2.08. The van der Waals surface area contributed by atoms with Crippen LogP contribution in [0.4, 0.5) is 0 Å². The van der Waals surface area contributed by atoms with E-state index >= 15 is 0 Å². The number of carbonyl (C=O) groups is 2. The van der Waals surface area contributed by atoms with Gasteiger partial charge in [0.1, 0.15) is 4.64 Å². The first-order chi connectivity index (χ1) is 16.0. The first-order valence-electron chi connectivity index (χ1n) is 12.9. The van der Waals surface area contributed by atoms with Crippen molar-refractivity contribution in [2.45, 2.75) is 111 Å². The maximum atomic E-state index is 13.4. The van der Waals surface area contributed by atoms with Crippen LogP contribution in [0.2, 0.25) is 0 Å². The molecule has 0 aliphatic heterocycles. The minimum absolute atomic E-state index is 0.179. The number of imide groups is 1. The van der Waals surface area contributed by atoms with Gasteiger partial charge in [0.15, 0.2) is 5.65 Å². The van der Waals surface area contributed by atoms with Crippen LogP contribution in [-0.2, 0) is 16.0 Å². The van der Waals surface area contributed by atoms with Crippen LogP contribution in [0.3, 0.4) is 0 Å². The van der Waals surface area contributed by atoms with Gasteiger partial charge in [-0.1, -0.05) is 90.8 Å². The van der Waals surface area contributed by atoms with Crippen LogP contribution in [0.15, 0.2) is 24.4 Å². The fourth-order valence-electron chi connectivity index (χ4n) is 4.15. The first-order valence-corrected chi connectivity index (χ1v) is 13.3. The minimum atomic E-state index is -0.179. The summed E-state index contributed by atoms with van der Waals surface area (Å²) in [5.41, 5.74) is 1.55. The van der Waals surface area contributed by atoms with E-state index in [0.717, 1.165) is 75.2 Å². The zero-order valence-corrected chi connectivity index (χ0v) is 21.6. The lowest BCUT2D eigenvalue weighted by Crippen LogP contribution is -2.46. The molecule has 33 heavy (non-hydrogen) atoms. The van der Waals surface area contributed by atoms with Gasteiger partial charge in [-0.15, -0.1) is 0 Å². The highest BCUT2D eigenvalue weighted by Crippen LogP contribution is 2.20. The summed E-state index contributed by atoms with van der Waals surface area (Å²) in [6.45, 7) is 6.46. The number of hydrogen-bond acceptors (Lipinski definition) is 4. The summed E-state index contributed by atoms with van der Waals surface area (Å²) in [5.74, 6) is -0.358. The van der Waals surface area contributed by atoms with Crippen LogP contribution in [0, 0.1) is 4.64 Å². The van der Waals surface area contributed by atoms with Gasteiger partial charge in [0, 0.05) is 24.4 Å². The molecule has 0 aromatic carbocycles. The van der Waals surface area contributed by atoms with Crippen LogP contribution in [0.1, 0.15) is 110 Å². The van der Waals surface area contributed by atoms with Crippen LogP contribution in [0.5, 0.6) is 0 Å². The van der Waals surface area contributed by atoms with Gasteiger partial charge in [0.05, 0.1) is 0 Å². The van der Waals surface area contributed by atoms with Gasteiger partial charge < -0.3 is 0 Å². The SMILES string of the molecule is CCCCCCCC(=O)N(C(=O)CCCCCCC)n1c(=S)c(CCC)cc2cccnc21. The topological polar surface area (TPSA) is 55.2 Å². The summed E-state index contributed by atoms with van der Waals surface area (Å²) >= 11 is 5.82. The summed E-state index contributed by atoms with van der Waals surface area (Å²) < 4.78 is 2.14. The molecule has 0 bridgehead atoms. The number of carbonyl (C=O) groups excluding carboxylic acids is 2. The van der Waals surface area contributed by atoms with E-state index in [1.165, 1.54) is 17.9 Å². The molecule has 0 saturated carbocycles. The van der Waals surface area contributed by atoms with E-state index in [-0.39, 0.29) is 11.8 Å². The van der Waals surface area contributed by atoms with Crippen molar-refractivity contribution >= 4 is 35.1 Å². The van der Waals surface area contributed by atoms with Crippen molar-refractivity contribution in [3.63, 3.8) is 0 Å². The second-order valence-electron chi connectivity index (χ2n) is 8.88. The van der Waals surface area contributed by atoms with Crippen molar-refractivity contribution in [1.82, 2.24) is 9.66 Å². The summed E-state index contributed by atoms with van der Waals surface area (Å²) in [5, 5.41) is 2.21. The smallest absolute Gasteiger partial charge is 0.248 e. The van der Waals surface area contributed by atoms with E-state index in [0.29, 0.717) is 23.1 Å². The largest absolute Gasteiger partial charge is 0.273 e. The van der Waals surface area contributed by atoms with E-state index in [9.17, 15) is 9.59 Å². The number of aryl methyl sites for hydroxylation is 1. The quantitative estimate of drug-likeness (QED) is 0.200. The average Bonchev–Trinajstić information content (AvgIpc) is 2.81. The molecule has 0 aliphatic rings. The summed E-state index contributed by atoms with van der Waals surface area (Å²) in [4.78, 5) is 31.4. The molecule has 6 heteroatoms. The molecular formula is C27H41N3O2S. The number of hydrogen-bond donors (Lipinski definition) is 0. The highest BCUT2D eigenvalue weighted by Gasteiger charge is 2.25. The predicted molar refractivity (Wildman–Crippen MR) is 140 cm³/mol. The number of fused-ring (bicyclic) bond motifs is 1. The van der Waals surface area contributed by atoms with Crippen molar-refractivity contribution in [3.8, 4) is 0 Å². The van der Waals surface area contributed by atoms with Gasteiger partial charge in [-0.3, -0.25) is 9.59 Å². The average molecular weight is 472 g/mol. The number of rotatable bonds is 15. The van der Waals surface area contributed by atoms with Crippen molar-refractivity contribution in [2.75, 3.05) is 5.01 Å². The Morgan fingerprint density at radius 2 is 1.45 bits per heavy atom. The maximum absolute atomic E-state index is 13.4. The predicted octanol–water partition coefficient (Wildman–Crippen LogP) is 7.43. The first kappa shape index (κ1) is 27.2. The highest BCUT2D eigenvalue weighted by atomic mass is 32.1. The lowest BCUT2D eigenvalue weighted by atomic mass is 10.1. The lowest BCUT2D eigenvalue weighted by Gasteiger charge is -2.26. The monoisotopic (exact) mass is 471 g/mol. The van der Waals surface area contributed by atoms with E-state index in [2.05, 4.69) is 25.8 Å². The molecular weight excluding hydrogens is 430 g/mol. The maximum Gasteiger partial charge on any atom is 0.248 e. The normalized spacial score (nSPS) is 11.1. The van der Waals surface area contributed by atoms with Gasteiger partial charge in [0.25, 0.3) is 0 Å². The molecule has 2 aromatic rings. The number of amides is 2. The third kappa shape index (κ3) is 8.02. The zero-order valence-electron chi connectivity index (χ0n) is 20.8. The highest BCUT2D eigenvalue weighted by molar-refractivity contribution is 7.71. The van der Waals surface area contributed by atoms with E-state index in [4.69, 9.17) is 12.2 Å². The van der Waals surface area contributed by atoms with Crippen LogP contribution in [0.25, 0.3) is 11.0 Å². The molecule has 0 spiro atoms. The molecule has 0 fully saturated rings. The molecule has 0 radical (unpaired) electrons. The minimum Gasteiger partial charge on any atom is -0.273 e. The summed E-state index contributed by atoms with van der Waals surface area (Å²) in [7, 11) is 0. The number of aromatic nitrogens is 2. The summed E-state index contributed by atoms with van der Waals surface area (Å²) in [6.07, 6.45) is 14.6. The summed E-state index contributed by atoms with van der Waals surface area (Å²) in [6, 6.07) is 5.89. The van der Waals surface area contributed by atoms with Crippen LogP contribution in [-0.4, -0.2) is 21.5 Å². The molecule has 2 amide bonds. The Labute approximate surface area is 204 Å². The Morgan fingerprint density at radius 1 is 0.879 bits per heavy atom. The van der Waals surface area contributed by atoms with Crippen LogP contribution >= 0.6 is 12.2 Å². The fourth-order valence-corrected chi connectivity index (χ4v) is 4.48. The molecule has 0 atom stereocenters. The Morgan fingerprint density at radius 3 is 2.00 bits per heavy atom. The van der Waals surface area contributed by atoms with E-state index in [1.54, 1.807) is 10.9 Å². The molecule has 0 unspecified atom stereocenters. The van der Waals surface area contributed by atoms with Crippen molar-refractivity contribution in [3.05, 3.63) is 34.6 Å². The van der Waals surface area contributed by atoms with E-state index in [1.807, 2.05) is 18.2 Å². The second-order valence-corrected chi connectivity index (χ2v) is 9.27. The van der Waals surface area contributed by atoms with Crippen molar-refractivity contribution in [1.29, 1.82) is 0 Å². The van der Waals surface area contributed by atoms with Gasteiger partial charge in [0.2, 0.25) is 11.8 Å². The Balaban J connectivity index is 2.38. The molecule has 182 valence electrons. The molecule has 5 nitrogen and oxygen atoms in total. The molecule has 0 saturated heterocycles. The third-order valence-corrected chi connectivity index (χ3v) is 6.43. The van der Waals surface area contributed by atoms with Gasteiger partial charge in [-0.05, 0) is 43.0 Å². The Kier molecular flexibility index (Phi) is 12.3. The van der Waals surface area contributed by atoms with Gasteiger partial charge in [-0.2, -0.15) is 5.01 Å². The zero-order chi connectivity index (χ0) is 24.1. The molecule has 2 rings (SSSR count). The van der Waals surface area contributed by atoms with Crippen LogP contribution < -0.4 is 5.01 Å². The van der Waals surface area contributed by atoms with Gasteiger partial charge in [-0.25, -0.2) is 9.66 Å². The molecule has 0 N–H and O–H groups in total. The lowest BCUT2D eigenvalue weighted by molar-refractivity contribution is -0.129. The second kappa shape index (κ2) is 14.9. The number of nitrogens with zero attached hydrogens (tertiary/aromatic N) is 3. The standard InChI is InChI=1S/C27H41N3O2S/c1-4-7-9-11-13-18-24(31)29(25(32)19-14-12-10-8-5-2)30-26-22(17-15-20-28-26)21-23(16-6-3)27(30)33/h15,17,20-21H,4-14,16,18-19H2,1-3H3. The van der Waals surface area contributed by atoms with Gasteiger partial charge >= 0.3 is 0 Å². The number of pyridine rings is 2. The van der Waals surface area contributed by atoms with Crippen molar-refractivity contribution in [2.24, 2.45) is 0 Å². The molecule has 0 aliphatic carbocycles. The van der Waals surface area contributed by atoms with Crippen molar-refractivity contribution < 1.29 is 9.59 Å². The molecule has 2 aromatic heterocycles. The fraction of sp³-hybridized carbons (Fsp3) is 0.630. The third-order valence-electron chi connectivity index (χ3n) is 5.99. The number of unbranched alkanes of at least 4 members (excludes halogenated alkanes) is 8. The van der Waals surface area contributed by atoms with E-state index < -0.39 is 0 Å². The molecule has 2 heterocycles.